The van der Waals surface area contributed by atoms with Gasteiger partial charge in [0.1, 0.15) is 11.8 Å². The second-order valence-electron chi connectivity index (χ2n) is 8.08. The van der Waals surface area contributed by atoms with Crippen molar-refractivity contribution in [2.24, 2.45) is 0 Å². The molecular formula is C27H31N3O3. The topological polar surface area (TPSA) is 79.5 Å². The van der Waals surface area contributed by atoms with Crippen LogP contribution >= 0.6 is 0 Å². The van der Waals surface area contributed by atoms with Crippen molar-refractivity contribution in [2.75, 3.05) is 25.5 Å². The van der Waals surface area contributed by atoms with Crippen LogP contribution in [-0.2, 0) is 4.79 Å². The molecule has 33 heavy (non-hydrogen) atoms. The number of hydrogen-bond donors (Lipinski definition) is 3. The van der Waals surface area contributed by atoms with Gasteiger partial charge in [-0.15, -0.1) is 0 Å². The lowest BCUT2D eigenvalue weighted by atomic mass is 9.98. The third-order valence-corrected chi connectivity index (χ3v) is 5.40. The van der Waals surface area contributed by atoms with Crippen LogP contribution in [0.15, 0.2) is 66.7 Å². The van der Waals surface area contributed by atoms with Crippen molar-refractivity contribution in [1.82, 2.24) is 10.6 Å². The van der Waals surface area contributed by atoms with Crippen LogP contribution in [0.25, 0.3) is 0 Å². The number of carbonyl (C=O) groups excluding carboxylic acids is 2. The molecule has 0 saturated heterocycles. The smallest absolute Gasteiger partial charge is 0.252 e. The van der Waals surface area contributed by atoms with Gasteiger partial charge in [0, 0.05) is 24.3 Å². The van der Waals surface area contributed by atoms with Gasteiger partial charge in [0.2, 0.25) is 5.91 Å². The summed E-state index contributed by atoms with van der Waals surface area (Å²) in [6.45, 7) is 6.84. The van der Waals surface area contributed by atoms with Gasteiger partial charge in [0.15, 0.2) is 0 Å². The molecule has 0 fully saturated rings. The Morgan fingerprint density at radius 3 is 2.27 bits per heavy atom. The van der Waals surface area contributed by atoms with Crippen molar-refractivity contribution in [3.8, 4) is 5.75 Å². The molecule has 3 aromatic rings. The predicted octanol–water partition coefficient (Wildman–Crippen LogP) is 4.32. The molecule has 3 aromatic carbocycles. The maximum atomic E-state index is 13.1. The Balaban J connectivity index is 1.68. The molecular weight excluding hydrogens is 414 g/mol. The minimum absolute atomic E-state index is 0.250. The third kappa shape index (κ3) is 6.59. The molecule has 1 atom stereocenters. The number of aryl methyl sites for hydroxylation is 3. The summed E-state index contributed by atoms with van der Waals surface area (Å²) in [7, 11) is 1.63. The minimum atomic E-state index is -0.792. The van der Waals surface area contributed by atoms with E-state index in [-0.39, 0.29) is 11.8 Å². The van der Waals surface area contributed by atoms with Crippen molar-refractivity contribution in [1.29, 1.82) is 0 Å². The van der Waals surface area contributed by atoms with Gasteiger partial charge in [-0.25, -0.2) is 0 Å². The molecule has 0 spiro atoms. The molecule has 0 aliphatic rings. The molecule has 0 aromatic heterocycles. The van der Waals surface area contributed by atoms with Gasteiger partial charge in [-0.2, -0.15) is 0 Å². The fraction of sp³-hybridized carbons (Fsp3) is 0.259. The molecule has 0 radical (unpaired) electrons. The van der Waals surface area contributed by atoms with Gasteiger partial charge >= 0.3 is 0 Å². The molecule has 3 N–H and O–H groups in total. The third-order valence-electron chi connectivity index (χ3n) is 5.40. The van der Waals surface area contributed by atoms with Crippen molar-refractivity contribution >= 4 is 17.5 Å². The van der Waals surface area contributed by atoms with E-state index >= 15 is 0 Å². The fourth-order valence-electron chi connectivity index (χ4n) is 3.64. The van der Waals surface area contributed by atoms with E-state index in [0.29, 0.717) is 18.7 Å². The largest absolute Gasteiger partial charge is 0.497 e. The highest BCUT2D eigenvalue weighted by atomic mass is 16.5. The van der Waals surface area contributed by atoms with Crippen LogP contribution in [-0.4, -0.2) is 32.0 Å². The van der Waals surface area contributed by atoms with Gasteiger partial charge in [0.05, 0.1) is 7.11 Å². The molecule has 0 bridgehead atoms. The lowest BCUT2D eigenvalue weighted by Crippen LogP contribution is -2.42. The number of anilines is 1. The minimum Gasteiger partial charge on any atom is -0.497 e. The Labute approximate surface area is 195 Å². The fourth-order valence-corrected chi connectivity index (χ4v) is 3.64. The Morgan fingerprint density at radius 2 is 1.61 bits per heavy atom. The van der Waals surface area contributed by atoms with E-state index in [1.165, 1.54) is 0 Å². The first kappa shape index (κ1) is 23.9. The number of hydrogen-bond acceptors (Lipinski definition) is 4. The van der Waals surface area contributed by atoms with E-state index < -0.39 is 6.04 Å². The zero-order chi connectivity index (χ0) is 23.8. The quantitative estimate of drug-likeness (QED) is 0.429. The van der Waals surface area contributed by atoms with E-state index in [4.69, 9.17) is 4.74 Å². The van der Waals surface area contributed by atoms with Crippen LogP contribution in [0.1, 0.15) is 38.7 Å². The maximum absolute atomic E-state index is 13.1. The summed E-state index contributed by atoms with van der Waals surface area (Å²) < 4.78 is 5.16. The van der Waals surface area contributed by atoms with Crippen molar-refractivity contribution < 1.29 is 14.3 Å². The summed E-state index contributed by atoms with van der Waals surface area (Å²) >= 11 is 0. The molecule has 0 aliphatic carbocycles. The number of methoxy groups -OCH3 is 1. The van der Waals surface area contributed by atoms with Gasteiger partial charge in [-0.3, -0.25) is 9.59 Å². The SMILES string of the molecule is COc1ccc(NCCNC(=O)C(NC(=O)c2cccc(C)c2)c2ccc(C)cc2C)cc1. The first-order chi connectivity index (χ1) is 15.9. The zero-order valence-corrected chi connectivity index (χ0v) is 19.6. The molecule has 6 heteroatoms. The summed E-state index contributed by atoms with van der Waals surface area (Å²) in [6.07, 6.45) is 0. The highest BCUT2D eigenvalue weighted by molar-refractivity contribution is 5.98. The number of ether oxygens (including phenoxy) is 1. The second kappa shape index (κ2) is 11.2. The van der Waals surface area contributed by atoms with Gasteiger partial charge in [-0.1, -0.05) is 41.5 Å². The van der Waals surface area contributed by atoms with Crippen molar-refractivity contribution in [3.05, 3.63) is 94.5 Å². The van der Waals surface area contributed by atoms with Crippen LogP contribution in [0.3, 0.4) is 0 Å². The first-order valence-electron chi connectivity index (χ1n) is 11.0. The first-order valence-corrected chi connectivity index (χ1v) is 11.0. The maximum Gasteiger partial charge on any atom is 0.252 e. The molecule has 6 nitrogen and oxygen atoms in total. The monoisotopic (exact) mass is 445 g/mol. The molecule has 1 unspecified atom stereocenters. The molecule has 2 amide bonds. The summed E-state index contributed by atoms with van der Waals surface area (Å²) in [5, 5.41) is 9.13. The van der Waals surface area contributed by atoms with E-state index in [1.54, 1.807) is 13.2 Å². The lowest BCUT2D eigenvalue weighted by molar-refractivity contribution is -0.123. The summed E-state index contributed by atoms with van der Waals surface area (Å²) in [5.41, 5.74) is 5.28. The normalized spacial score (nSPS) is 11.4. The van der Waals surface area contributed by atoms with E-state index in [9.17, 15) is 9.59 Å². The number of benzene rings is 3. The van der Waals surface area contributed by atoms with Gasteiger partial charge in [-0.05, 0) is 68.3 Å². The number of amides is 2. The van der Waals surface area contributed by atoms with E-state index in [1.807, 2.05) is 81.4 Å². The van der Waals surface area contributed by atoms with Crippen LogP contribution < -0.4 is 20.7 Å². The molecule has 172 valence electrons. The van der Waals surface area contributed by atoms with Crippen molar-refractivity contribution in [2.45, 2.75) is 26.8 Å². The second-order valence-corrected chi connectivity index (χ2v) is 8.08. The van der Waals surface area contributed by atoms with Crippen molar-refractivity contribution in [3.63, 3.8) is 0 Å². The Hall–Kier alpha value is -3.80. The summed E-state index contributed by atoms with van der Waals surface area (Å²) in [4.78, 5) is 26.1. The molecule has 3 rings (SSSR count). The van der Waals surface area contributed by atoms with Crippen LogP contribution in [0.4, 0.5) is 5.69 Å². The number of rotatable bonds is 9. The van der Waals surface area contributed by atoms with Crippen LogP contribution in [0, 0.1) is 20.8 Å². The van der Waals surface area contributed by atoms with Crippen LogP contribution in [0.2, 0.25) is 0 Å². The number of carbonyl (C=O) groups is 2. The predicted molar refractivity (Wildman–Crippen MR) is 132 cm³/mol. The molecule has 0 heterocycles. The average molecular weight is 446 g/mol. The Kier molecular flexibility index (Phi) is 8.08. The van der Waals surface area contributed by atoms with Gasteiger partial charge < -0.3 is 20.7 Å². The molecule has 0 saturated carbocycles. The van der Waals surface area contributed by atoms with E-state index in [0.717, 1.165) is 33.7 Å². The Bertz CT molecular complexity index is 1110. The standard InChI is InChI=1S/C27H31N3O3/c1-18-6-5-7-21(17-18)26(31)30-25(24-13-8-19(2)16-20(24)3)27(32)29-15-14-28-22-9-11-23(33-4)12-10-22/h5-13,16-17,25,28H,14-15H2,1-4H3,(H,29,32)(H,30,31). The van der Waals surface area contributed by atoms with Gasteiger partial charge in [0.25, 0.3) is 5.91 Å². The highest BCUT2D eigenvalue weighted by Gasteiger charge is 2.24. The highest BCUT2D eigenvalue weighted by Crippen LogP contribution is 2.20. The Morgan fingerprint density at radius 1 is 0.879 bits per heavy atom. The molecule has 0 aliphatic heterocycles. The zero-order valence-electron chi connectivity index (χ0n) is 19.6. The lowest BCUT2D eigenvalue weighted by Gasteiger charge is -2.21. The van der Waals surface area contributed by atoms with Crippen LogP contribution in [0.5, 0.6) is 5.75 Å². The van der Waals surface area contributed by atoms with E-state index in [2.05, 4.69) is 16.0 Å². The number of nitrogens with one attached hydrogen (secondary N) is 3. The summed E-state index contributed by atoms with van der Waals surface area (Å²) in [5.74, 6) is 0.254. The summed E-state index contributed by atoms with van der Waals surface area (Å²) in [6, 6.07) is 20.0. The average Bonchev–Trinajstić information content (AvgIpc) is 2.81.